The number of hydrogen-bond acceptors (Lipinski definition) is 2. The molecular weight excluding hydrogens is 246 g/mol. The molecule has 2 nitrogen and oxygen atoms in total. The summed E-state index contributed by atoms with van der Waals surface area (Å²) in [4.78, 5) is 4.92. The van der Waals surface area contributed by atoms with Crippen LogP contribution in [0.1, 0.15) is 11.1 Å². The summed E-state index contributed by atoms with van der Waals surface area (Å²) in [5.74, 6) is 0. The van der Waals surface area contributed by atoms with Gasteiger partial charge in [-0.1, -0.05) is 59.2 Å². The summed E-state index contributed by atoms with van der Waals surface area (Å²) in [5.41, 5.74) is 3.11. The van der Waals surface area contributed by atoms with Crippen molar-refractivity contribution >= 4 is 17.3 Å². The number of benzene rings is 2. The number of hydrogen-bond donors (Lipinski definition) is 0. The van der Waals surface area contributed by atoms with Crippen molar-refractivity contribution in [3.8, 4) is 0 Å². The Morgan fingerprint density at radius 2 is 1.72 bits per heavy atom. The average Bonchev–Trinajstić information content (AvgIpc) is 2.40. The Balaban J connectivity index is 2.24. The minimum atomic E-state index is 0.718. The third kappa shape index (κ3) is 3.34. The van der Waals surface area contributed by atoms with E-state index >= 15 is 0 Å². The molecule has 2 rings (SSSR count). The molecule has 0 aliphatic rings. The molecule has 3 heteroatoms. The van der Waals surface area contributed by atoms with Crippen LogP contribution in [0, 0.1) is 0 Å². The van der Waals surface area contributed by atoms with Crippen LogP contribution in [0.15, 0.2) is 59.8 Å². The van der Waals surface area contributed by atoms with Gasteiger partial charge in [0.25, 0.3) is 0 Å². The lowest BCUT2D eigenvalue weighted by Gasteiger charge is -2.06. The Morgan fingerprint density at radius 3 is 2.33 bits per heavy atom. The van der Waals surface area contributed by atoms with Crippen molar-refractivity contribution in [2.45, 2.75) is 6.42 Å². The molecule has 2 aromatic rings. The van der Waals surface area contributed by atoms with Gasteiger partial charge in [0.15, 0.2) is 0 Å². The number of nitrogens with zero attached hydrogens (tertiary/aromatic N) is 1. The average molecular weight is 260 g/mol. The Hall–Kier alpha value is -1.80. The van der Waals surface area contributed by atoms with Gasteiger partial charge in [-0.3, -0.25) is 0 Å². The van der Waals surface area contributed by atoms with Gasteiger partial charge in [-0.15, -0.1) is 0 Å². The fourth-order valence-electron chi connectivity index (χ4n) is 1.73. The molecule has 0 spiro atoms. The van der Waals surface area contributed by atoms with Gasteiger partial charge >= 0.3 is 0 Å². The molecule has 0 fully saturated rings. The molecule has 18 heavy (non-hydrogen) atoms. The third-order valence-electron chi connectivity index (χ3n) is 2.59. The lowest BCUT2D eigenvalue weighted by molar-refractivity contribution is 0.213. The van der Waals surface area contributed by atoms with Gasteiger partial charge in [-0.05, 0) is 23.3 Å². The Bertz CT molecular complexity index is 520. The number of halogens is 1. The smallest absolute Gasteiger partial charge is 0.106 e. The molecule has 0 aliphatic carbocycles. The molecule has 0 N–H and O–H groups in total. The fourth-order valence-corrected chi connectivity index (χ4v) is 1.85. The summed E-state index contributed by atoms with van der Waals surface area (Å²) in [7, 11) is 1.56. The Morgan fingerprint density at radius 1 is 1.06 bits per heavy atom. The molecule has 0 saturated carbocycles. The van der Waals surface area contributed by atoms with E-state index in [9.17, 15) is 0 Å². The molecule has 0 amide bonds. The number of rotatable bonds is 4. The molecular formula is C15H14ClNO. The van der Waals surface area contributed by atoms with Crippen molar-refractivity contribution < 1.29 is 4.84 Å². The molecule has 0 heterocycles. The monoisotopic (exact) mass is 259 g/mol. The summed E-state index contributed by atoms with van der Waals surface area (Å²) < 4.78 is 0. The second-order valence-electron chi connectivity index (χ2n) is 3.89. The normalized spacial score (nSPS) is 11.3. The largest absolute Gasteiger partial charge is 0.399 e. The highest BCUT2D eigenvalue weighted by Gasteiger charge is 2.06. The van der Waals surface area contributed by atoms with Crippen LogP contribution in [0.3, 0.4) is 0 Å². The molecule has 92 valence electrons. The van der Waals surface area contributed by atoms with Crippen LogP contribution in [-0.4, -0.2) is 12.8 Å². The minimum Gasteiger partial charge on any atom is -0.399 e. The zero-order valence-electron chi connectivity index (χ0n) is 10.1. The Labute approximate surface area is 112 Å². The predicted molar refractivity (Wildman–Crippen MR) is 75.1 cm³/mol. The molecule has 0 unspecified atom stereocenters. The third-order valence-corrected chi connectivity index (χ3v) is 2.85. The number of oxime groups is 1. The van der Waals surface area contributed by atoms with E-state index in [0.717, 1.165) is 22.7 Å². The quantitative estimate of drug-likeness (QED) is 0.602. The van der Waals surface area contributed by atoms with Crippen LogP contribution in [0.25, 0.3) is 0 Å². The van der Waals surface area contributed by atoms with E-state index < -0.39 is 0 Å². The van der Waals surface area contributed by atoms with E-state index in [1.165, 1.54) is 5.56 Å². The zero-order valence-corrected chi connectivity index (χ0v) is 10.9. The van der Waals surface area contributed by atoms with E-state index in [-0.39, 0.29) is 0 Å². The summed E-state index contributed by atoms with van der Waals surface area (Å²) in [6, 6.07) is 17.8. The van der Waals surface area contributed by atoms with Crippen LogP contribution in [0.4, 0.5) is 0 Å². The lowest BCUT2D eigenvalue weighted by atomic mass is 10.0. The molecule has 0 bridgehead atoms. The van der Waals surface area contributed by atoms with Gasteiger partial charge in [0.1, 0.15) is 7.11 Å². The molecule has 0 saturated heterocycles. The van der Waals surface area contributed by atoms with Crippen molar-refractivity contribution in [2.24, 2.45) is 5.16 Å². The van der Waals surface area contributed by atoms with E-state index in [0.29, 0.717) is 0 Å². The second kappa shape index (κ2) is 6.22. The standard InChI is InChI=1S/C15H14ClNO/c1-18-17-15(11-12-5-3-2-4-6-12)13-7-9-14(16)10-8-13/h2-10H,11H2,1H3. The second-order valence-corrected chi connectivity index (χ2v) is 4.33. The van der Waals surface area contributed by atoms with E-state index in [1.54, 1.807) is 7.11 Å². The van der Waals surface area contributed by atoms with E-state index in [1.807, 2.05) is 42.5 Å². The first-order valence-electron chi connectivity index (χ1n) is 5.69. The summed E-state index contributed by atoms with van der Waals surface area (Å²) in [5, 5.41) is 4.81. The maximum atomic E-state index is 5.88. The first-order chi connectivity index (χ1) is 8.79. The highest BCUT2D eigenvalue weighted by atomic mass is 35.5. The van der Waals surface area contributed by atoms with Gasteiger partial charge in [0.2, 0.25) is 0 Å². The van der Waals surface area contributed by atoms with Crippen LogP contribution >= 0.6 is 11.6 Å². The SMILES string of the molecule is CON=C(Cc1ccccc1)c1ccc(Cl)cc1. The topological polar surface area (TPSA) is 21.6 Å². The molecule has 0 aliphatic heterocycles. The van der Waals surface area contributed by atoms with Crippen LogP contribution in [0.5, 0.6) is 0 Å². The summed E-state index contributed by atoms with van der Waals surface area (Å²) in [6.45, 7) is 0. The molecule has 0 atom stereocenters. The van der Waals surface area contributed by atoms with Gasteiger partial charge in [-0.2, -0.15) is 0 Å². The maximum Gasteiger partial charge on any atom is 0.106 e. The highest BCUT2D eigenvalue weighted by molar-refractivity contribution is 6.30. The van der Waals surface area contributed by atoms with Crippen molar-refractivity contribution in [1.82, 2.24) is 0 Å². The van der Waals surface area contributed by atoms with Gasteiger partial charge in [0.05, 0.1) is 5.71 Å². The lowest BCUT2D eigenvalue weighted by Crippen LogP contribution is -2.05. The van der Waals surface area contributed by atoms with Crippen molar-refractivity contribution in [3.63, 3.8) is 0 Å². The van der Waals surface area contributed by atoms with E-state index in [4.69, 9.17) is 16.4 Å². The van der Waals surface area contributed by atoms with Crippen molar-refractivity contribution in [2.75, 3.05) is 7.11 Å². The van der Waals surface area contributed by atoms with E-state index in [2.05, 4.69) is 17.3 Å². The first-order valence-corrected chi connectivity index (χ1v) is 6.07. The van der Waals surface area contributed by atoms with Crippen LogP contribution in [-0.2, 0) is 11.3 Å². The van der Waals surface area contributed by atoms with Gasteiger partial charge in [-0.25, -0.2) is 0 Å². The van der Waals surface area contributed by atoms with Crippen LogP contribution in [0.2, 0.25) is 5.02 Å². The summed E-state index contributed by atoms with van der Waals surface area (Å²) >= 11 is 5.88. The van der Waals surface area contributed by atoms with Crippen molar-refractivity contribution in [1.29, 1.82) is 0 Å². The highest BCUT2D eigenvalue weighted by Crippen LogP contribution is 2.13. The zero-order chi connectivity index (χ0) is 12.8. The fraction of sp³-hybridized carbons (Fsp3) is 0.133. The van der Waals surface area contributed by atoms with Gasteiger partial charge in [0, 0.05) is 11.4 Å². The molecule has 2 aromatic carbocycles. The van der Waals surface area contributed by atoms with Gasteiger partial charge < -0.3 is 4.84 Å². The molecule has 0 aromatic heterocycles. The molecule has 0 radical (unpaired) electrons. The van der Waals surface area contributed by atoms with Crippen molar-refractivity contribution in [3.05, 3.63) is 70.7 Å². The predicted octanol–water partition coefficient (Wildman–Crippen LogP) is 3.93. The minimum absolute atomic E-state index is 0.718. The maximum absolute atomic E-state index is 5.88. The first kappa shape index (κ1) is 12.7. The Kier molecular flexibility index (Phi) is 4.37. The summed E-state index contributed by atoms with van der Waals surface area (Å²) in [6.07, 6.45) is 0.732. The van der Waals surface area contributed by atoms with Crippen LogP contribution < -0.4 is 0 Å².